The van der Waals surface area contributed by atoms with Crippen LogP contribution < -0.4 is 11.0 Å². The molecule has 3 heterocycles. The molecule has 7 heteroatoms. The fourth-order valence-electron chi connectivity index (χ4n) is 4.80. The molecule has 32 heavy (non-hydrogen) atoms. The first-order valence-corrected chi connectivity index (χ1v) is 11.7. The highest BCUT2D eigenvalue weighted by Gasteiger charge is 2.25. The fourth-order valence-corrected chi connectivity index (χ4v) is 4.80. The summed E-state index contributed by atoms with van der Waals surface area (Å²) in [6.45, 7) is 5.03. The molecule has 168 valence electrons. The molecule has 2 aliphatic rings. The van der Waals surface area contributed by atoms with Gasteiger partial charge in [-0.2, -0.15) is 0 Å². The Morgan fingerprint density at radius 2 is 1.97 bits per heavy atom. The summed E-state index contributed by atoms with van der Waals surface area (Å²) in [5, 5.41) is 3.52. The Balaban J connectivity index is 1.54. The quantitative estimate of drug-likeness (QED) is 0.631. The average molecular weight is 434 g/mol. The molecule has 0 bridgehead atoms. The monoisotopic (exact) mass is 433 g/mol. The van der Waals surface area contributed by atoms with Gasteiger partial charge in [-0.25, -0.2) is 14.8 Å². The summed E-state index contributed by atoms with van der Waals surface area (Å²) >= 11 is 0. The molecule has 1 saturated heterocycles. The van der Waals surface area contributed by atoms with Crippen LogP contribution in [0.15, 0.2) is 47.5 Å². The van der Waals surface area contributed by atoms with E-state index in [2.05, 4.69) is 17.2 Å². The Labute approximate surface area is 188 Å². The summed E-state index contributed by atoms with van der Waals surface area (Å²) in [4.78, 5) is 22.8. The van der Waals surface area contributed by atoms with Crippen molar-refractivity contribution in [3.05, 3.63) is 58.8 Å². The van der Waals surface area contributed by atoms with Crippen molar-refractivity contribution in [2.45, 2.75) is 64.6 Å². The topological polar surface area (TPSA) is 74.0 Å². The van der Waals surface area contributed by atoms with E-state index in [4.69, 9.17) is 9.72 Å². The van der Waals surface area contributed by atoms with Gasteiger partial charge in [0.1, 0.15) is 6.23 Å². The molecule has 2 aromatic heterocycles. The predicted octanol–water partition coefficient (Wildman–Crippen LogP) is 4.70. The van der Waals surface area contributed by atoms with E-state index in [9.17, 15) is 4.79 Å². The van der Waals surface area contributed by atoms with Crippen LogP contribution in [0.5, 0.6) is 0 Å². The molecule has 1 aliphatic carbocycles. The Bertz CT molecular complexity index is 1140. The van der Waals surface area contributed by atoms with Gasteiger partial charge in [0.15, 0.2) is 0 Å². The molecule has 0 radical (unpaired) electrons. The second-order valence-corrected chi connectivity index (χ2v) is 9.21. The van der Waals surface area contributed by atoms with Gasteiger partial charge in [-0.3, -0.25) is 9.13 Å². The van der Waals surface area contributed by atoms with Gasteiger partial charge in [0.25, 0.3) is 0 Å². The van der Waals surface area contributed by atoms with Crippen LogP contribution in [0.3, 0.4) is 0 Å². The summed E-state index contributed by atoms with van der Waals surface area (Å²) in [5.41, 5.74) is 3.30. The average Bonchev–Trinajstić information content (AvgIpc) is 3.43. The van der Waals surface area contributed by atoms with Gasteiger partial charge >= 0.3 is 5.69 Å². The Morgan fingerprint density at radius 3 is 2.72 bits per heavy atom. The summed E-state index contributed by atoms with van der Waals surface area (Å²) < 4.78 is 9.27. The molecular formula is C25H31N5O2. The molecular weight excluding hydrogens is 402 g/mol. The third-order valence-corrected chi connectivity index (χ3v) is 6.66. The number of aryl methyl sites for hydroxylation is 1. The number of nitrogens with zero attached hydrogens (tertiary/aromatic N) is 4. The lowest BCUT2D eigenvalue weighted by Gasteiger charge is -2.26. The zero-order chi connectivity index (χ0) is 22.1. The van der Waals surface area contributed by atoms with Crippen molar-refractivity contribution in [1.82, 2.24) is 19.1 Å². The van der Waals surface area contributed by atoms with Crippen LogP contribution in [-0.4, -0.2) is 31.8 Å². The minimum absolute atomic E-state index is 0.105. The number of aromatic nitrogens is 4. The van der Waals surface area contributed by atoms with Gasteiger partial charge in [0, 0.05) is 25.0 Å². The van der Waals surface area contributed by atoms with E-state index in [1.165, 1.54) is 12.8 Å². The second-order valence-electron chi connectivity index (χ2n) is 9.21. The van der Waals surface area contributed by atoms with Gasteiger partial charge in [-0.05, 0) is 75.1 Å². The molecule has 1 aromatic carbocycles. The highest BCUT2D eigenvalue weighted by atomic mass is 16.5. The van der Waals surface area contributed by atoms with Crippen molar-refractivity contribution >= 4 is 5.95 Å². The molecule has 1 aliphatic heterocycles. The van der Waals surface area contributed by atoms with Crippen molar-refractivity contribution < 1.29 is 4.74 Å². The highest BCUT2D eigenvalue weighted by Crippen LogP contribution is 2.28. The first kappa shape index (κ1) is 20.9. The van der Waals surface area contributed by atoms with E-state index in [1.807, 2.05) is 43.5 Å². The molecule has 1 atom stereocenters. The number of anilines is 1. The molecule has 1 N–H and O–H groups in total. The van der Waals surface area contributed by atoms with E-state index in [-0.39, 0.29) is 11.9 Å². The number of benzene rings is 1. The van der Waals surface area contributed by atoms with Gasteiger partial charge in [-0.1, -0.05) is 19.1 Å². The van der Waals surface area contributed by atoms with Gasteiger partial charge in [0.2, 0.25) is 5.95 Å². The summed E-state index contributed by atoms with van der Waals surface area (Å²) in [5.74, 6) is 1.41. The summed E-state index contributed by atoms with van der Waals surface area (Å²) in [7, 11) is 0. The van der Waals surface area contributed by atoms with Crippen molar-refractivity contribution in [3.63, 3.8) is 0 Å². The Kier molecular flexibility index (Phi) is 5.83. The summed E-state index contributed by atoms with van der Waals surface area (Å²) in [6.07, 6.45) is 9.96. The highest BCUT2D eigenvalue weighted by molar-refractivity contribution is 5.59. The number of ether oxygens (including phenoxy) is 1. The zero-order valence-electron chi connectivity index (χ0n) is 18.8. The maximum Gasteiger partial charge on any atom is 0.335 e. The standard InChI is InChI=1S/C25H31N5O2/c1-17-8-10-19(11-9-17)27-24-26-13-12-21(28-24)22-16-29(23-7-4-14-32-23)25(31)30(22)20-6-3-5-18(2)15-20/h3,5-6,12-13,15-17,19,23H,4,7-11,14H2,1-2H3,(H,26,27,28). The summed E-state index contributed by atoms with van der Waals surface area (Å²) in [6, 6.07) is 10.3. The largest absolute Gasteiger partial charge is 0.358 e. The van der Waals surface area contributed by atoms with Crippen LogP contribution in [0.1, 0.15) is 57.2 Å². The maximum atomic E-state index is 13.5. The number of nitrogens with one attached hydrogen (secondary N) is 1. The van der Waals surface area contributed by atoms with Gasteiger partial charge < -0.3 is 10.1 Å². The molecule has 3 aromatic rings. The van der Waals surface area contributed by atoms with Crippen LogP contribution in [-0.2, 0) is 4.74 Å². The molecule has 7 nitrogen and oxygen atoms in total. The van der Waals surface area contributed by atoms with Crippen LogP contribution in [0.25, 0.3) is 17.1 Å². The Hall–Kier alpha value is -2.93. The van der Waals surface area contributed by atoms with E-state index in [0.717, 1.165) is 54.2 Å². The first-order valence-electron chi connectivity index (χ1n) is 11.7. The SMILES string of the molecule is Cc1cccc(-n2c(-c3ccnc(NC4CCC(C)CC4)n3)cn(C3CCCO3)c2=O)c1. The van der Waals surface area contributed by atoms with E-state index in [0.29, 0.717) is 18.6 Å². The van der Waals surface area contributed by atoms with E-state index < -0.39 is 0 Å². The number of hydrogen-bond acceptors (Lipinski definition) is 5. The first-order chi connectivity index (χ1) is 15.6. The van der Waals surface area contributed by atoms with Gasteiger partial charge in [-0.15, -0.1) is 0 Å². The molecule has 2 fully saturated rings. The van der Waals surface area contributed by atoms with Crippen LogP contribution >= 0.6 is 0 Å². The lowest BCUT2D eigenvalue weighted by Crippen LogP contribution is -2.27. The molecule has 0 spiro atoms. The smallest absolute Gasteiger partial charge is 0.335 e. The molecule has 5 rings (SSSR count). The molecule has 1 saturated carbocycles. The number of rotatable bonds is 5. The number of hydrogen-bond donors (Lipinski definition) is 1. The van der Waals surface area contributed by atoms with Crippen LogP contribution in [0, 0.1) is 12.8 Å². The number of imidazole rings is 1. The Morgan fingerprint density at radius 1 is 1.12 bits per heavy atom. The van der Waals surface area contributed by atoms with Crippen molar-refractivity contribution in [2.24, 2.45) is 5.92 Å². The van der Waals surface area contributed by atoms with Crippen molar-refractivity contribution in [1.29, 1.82) is 0 Å². The normalized spacial score (nSPS) is 23.4. The maximum absolute atomic E-state index is 13.5. The second kappa shape index (κ2) is 8.90. The van der Waals surface area contributed by atoms with Crippen molar-refractivity contribution in [3.8, 4) is 17.1 Å². The zero-order valence-corrected chi connectivity index (χ0v) is 18.8. The lowest BCUT2D eigenvalue weighted by molar-refractivity contribution is 0.0538. The third-order valence-electron chi connectivity index (χ3n) is 6.66. The predicted molar refractivity (Wildman–Crippen MR) is 125 cm³/mol. The van der Waals surface area contributed by atoms with E-state index in [1.54, 1.807) is 15.3 Å². The minimum Gasteiger partial charge on any atom is -0.358 e. The van der Waals surface area contributed by atoms with Crippen LogP contribution in [0.4, 0.5) is 5.95 Å². The molecule has 1 unspecified atom stereocenters. The van der Waals surface area contributed by atoms with Gasteiger partial charge in [0.05, 0.1) is 17.1 Å². The minimum atomic E-state index is -0.226. The van der Waals surface area contributed by atoms with E-state index >= 15 is 0 Å². The lowest BCUT2D eigenvalue weighted by atomic mass is 9.87. The molecule has 0 amide bonds. The third kappa shape index (κ3) is 4.21. The van der Waals surface area contributed by atoms with Crippen molar-refractivity contribution in [2.75, 3.05) is 11.9 Å². The fraction of sp³-hybridized carbons (Fsp3) is 0.480. The van der Waals surface area contributed by atoms with Crippen LogP contribution in [0.2, 0.25) is 0 Å².